The fraction of sp³-hybridized carbons (Fsp3) is 0.613. The maximum absolute atomic E-state index is 10.2. The average Bonchev–Trinajstić information content (AvgIpc) is 3.37. The zero-order chi connectivity index (χ0) is 25.2. The highest BCUT2D eigenvalue weighted by Crippen LogP contribution is 2.53. The third-order valence-electron chi connectivity index (χ3n) is 8.09. The topological polar surface area (TPSA) is 59.9 Å². The van der Waals surface area contributed by atoms with Crippen molar-refractivity contribution in [2.75, 3.05) is 0 Å². The fourth-order valence-corrected chi connectivity index (χ4v) is 5.84. The molecule has 4 heteroatoms. The number of hydrogen-bond donors (Lipinski definition) is 0. The quantitative estimate of drug-likeness (QED) is 0.433. The Kier molecular flexibility index (Phi) is 7.88. The summed E-state index contributed by atoms with van der Waals surface area (Å²) in [6.45, 7) is 9.83. The second-order valence-electron chi connectivity index (χ2n) is 12.1. The monoisotopic (exact) mass is 474 g/mol. The summed E-state index contributed by atoms with van der Waals surface area (Å²) in [5, 5.41) is 0. The highest BCUT2D eigenvalue weighted by molar-refractivity contribution is 5.83. The minimum Gasteiger partial charge on any atom is -0.300 e. The fourth-order valence-electron chi connectivity index (χ4n) is 5.84. The molecule has 2 saturated carbocycles. The number of fused-ring (bicyclic) bond motifs is 5. The van der Waals surface area contributed by atoms with Crippen molar-refractivity contribution in [3.63, 3.8) is 0 Å². The van der Waals surface area contributed by atoms with Crippen LogP contribution >= 0.6 is 0 Å². The Morgan fingerprint density at radius 2 is 1.60 bits per heavy atom. The molecule has 2 bridgehead atoms. The van der Waals surface area contributed by atoms with Gasteiger partial charge in [0.15, 0.2) is 0 Å². The molecule has 1 aromatic carbocycles. The van der Waals surface area contributed by atoms with E-state index < -0.39 is 0 Å². The van der Waals surface area contributed by atoms with Gasteiger partial charge < -0.3 is 9.59 Å². The first-order valence-electron chi connectivity index (χ1n) is 13.6. The largest absolute Gasteiger partial charge is 0.300 e. The number of nitrogens with zero attached hydrogens (tertiary/aromatic N) is 2. The van der Waals surface area contributed by atoms with Crippen LogP contribution in [0.4, 0.5) is 0 Å². The summed E-state index contributed by atoms with van der Waals surface area (Å²) in [6, 6.07) is 7.19. The second kappa shape index (κ2) is 10.7. The van der Waals surface area contributed by atoms with Gasteiger partial charge in [-0.3, -0.25) is 0 Å². The Morgan fingerprint density at radius 1 is 0.943 bits per heavy atom. The molecule has 1 aromatic heterocycles. The molecule has 3 aliphatic carbocycles. The normalized spacial score (nSPS) is 20.6. The number of carbonyl (C=O) groups is 2. The van der Waals surface area contributed by atoms with Crippen LogP contribution in [-0.4, -0.2) is 21.5 Å². The molecular weight excluding hydrogens is 432 g/mol. The lowest BCUT2D eigenvalue weighted by Crippen LogP contribution is -2.22. The van der Waals surface area contributed by atoms with E-state index in [0.717, 1.165) is 36.4 Å². The van der Waals surface area contributed by atoms with Crippen LogP contribution in [0, 0.1) is 5.92 Å². The van der Waals surface area contributed by atoms with Crippen LogP contribution in [0.15, 0.2) is 24.4 Å². The van der Waals surface area contributed by atoms with Crippen LogP contribution in [0.25, 0.3) is 0 Å². The molecule has 1 heterocycles. The van der Waals surface area contributed by atoms with Crippen molar-refractivity contribution in [2.45, 2.75) is 116 Å². The van der Waals surface area contributed by atoms with Gasteiger partial charge in [-0.1, -0.05) is 58.2 Å². The van der Waals surface area contributed by atoms with Gasteiger partial charge in [0.1, 0.15) is 17.4 Å². The van der Waals surface area contributed by atoms with Crippen LogP contribution < -0.4 is 0 Å². The van der Waals surface area contributed by atoms with Crippen molar-refractivity contribution in [1.82, 2.24) is 9.97 Å². The molecular formula is C31H42N2O2. The van der Waals surface area contributed by atoms with Crippen LogP contribution in [-0.2, 0) is 27.8 Å². The SMILES string of the molecule is CC(=O)CCC(C)=O.CC(C)(C)c1cnc(Cc2ccc3c(c2)C2CCC3C2)nc1CC1CCC1. The van der Waals surface area contributed by atoms with Crippen LogP contribution in [0.5, 0.6) is 0 Å². The summed E-state index contributed by atoms with van der Waals surface area (Å²) in [4.78, 5) is 30.3. The molecule has 188 valence electrons. The van der Waals surface area contributed by atoms with Gasteiger partial charge in [0.25, 0.3) is 0 Å². The Bertz CT molecular complexity index is 1060. The molecule has 2 unspecified atom stereocenters. The number of aromatic nitrogens is 2. The number of benzene rings is 1. The molecule has 2 fully saturated rings. The first kappa shape index (κ1) is 25.7. The lowest BCUT2D eigenvalue weighted by Gasteiger charge is -2.28. The van der Waals surface area contributed by atoms with Crippen molar-refractivity contribution in [3.05, 3.63) is 58.2 Å². The third kappa shape index (κ3) is 6.45. The maximum Gasteiger partial charge on any atom is 0.132 e. The predicted molar refractivity (Wildman–Crippen MR) is 141 cm³/mol. The maximum atomic E-state index is 10.2. The smallest absolute Gasteiger partial charge is 0.132 e. The molecule has 0 saturated heterocycles. The first-order chi connectivity index (χ1) is 16.6. The summed E-state index contributed by atoms with van der Waals surface area (Å²) in [5.74, 6) is 3.67. The van der Waals surface area contributed by atoms with Crippen molar-refractivity contribution in [1.29, 1.82) is 0 Å². The molecule has 0 N–H and O–H groups in total. The van der Waals surface area contributed by atoms with E-state index >= 15 is 0 Å². The Labute approximate surface area is 211 Å². The number of Topliss-reactive ketones (excluding diaryl/α,β-unsaturated/α-hetero) is 2. The number of rotatable bonds is 7. The Balaban J connectivity index is 0.000000314. The molecule has 0 spiro atoms. The van der Waals surface area contributed by atoms with E-state index in [0.29, 0.717) is 12.8 Å². The minimum absolute atomic E-state index is 0.0835. The Morgan fingerprint density at radius 3 is 2.17 bits per heavy atom. The summed E-state index contributed by atoms with van der Waals surface area (Å²) in [7, 11) is 0. The average molecular weight is 475 g/mol. The number of ketones is 2. The second-order valence-corrected chi connectivity index (χ2v) is 12.1. The van der Waals surface area contributed by atoms with E-state index in [1.54, 1.807) is 11.1 Å². The van der Waals surface area contributed by atoms with Gasteiger partial charge in [0.05, 0.1) is 0 Å². The third-order valence-corrected chi connectivity index (χ3v) is 8.09. The summed E-state index contributed by atoms with van der Waals surface area (Å²) < 4.78 is 0. The minimum atomic E-state index is 0.0835. The van der Waals surface area contributed by atoms with Crippen LogP contribution in [0.1, 0.15) is 132 Å². The lowest BCUT2D eigenvalue weighted by molar-refractivity contribution is -0.122. The van der Waals surface area contributed by atoms with Gasteiger partial charge >= 0.3 is 0 Å². The lowest BCUT2D eigenvalue weighted by atomic mass is 9.78. The predicted octanol–water partition coefficient (Wildman–Crippen LogP) is 7.02. The van der Waals surface area contributed by atoms with Gasteiger partial charge in [-0.15, -0.1) is 0 Å². The molecule has 35 heavy (non-hydrogen) atoms. The van der Waals surface area contributed by atoms with Gasteiger partial charge in [0, 0.05) is 31.2 Å². The van der Waals surface area contributed by atoms with Crippen LogP contribution in [0.3, 0.4) is 0 Å². The molecule has 3 aliphatic rings. The molecule has 4 nitrogen and oxygen atoms in total. The molecule has 0 amide bonds. The highest BCUT2D eigenvalue weighted by atomic mass is 16.1. The molecule has 0 aliphatic heterocycles. The van der Waals surface area contributed by atoms with Gasteiger partial charge in [-0.25, -0.2) is 9.97 Å². The number of carbonyl (C=O) groups excluding carboxylic acids is 2. The Hall–Kier alpha value is -2.36. The van der Waals surface area contributed by atoms with Crippen molar-refractivity contribution >= 4 is 11.6 Å². The van der Waals surface area contributed by atoms with Crippen molar-refractivity contribution in [2.24, 2.45) is 5.92 Å². The van der Waals surface area contributed by atoms with E-state index in [9.17, 15) is 9.59 Å². The van der Waals surface area contributed by atoms with E-state index in [1.165, 1.54) is 69.2 Å². The van der Waals surface area contributed by atoms with Crippen molar-refractivity contribution in [3.8, 4) is 0 Å². The van der Waals surface area contributed by atoms with E-state index in [4.69, 9.17) is 9.97 Å². The zero-order valence-electron chi connectivity index (χ0n) is 22.3. The molecule has 2 aromatic rings. The molecule has 5 rings (SSSR count). The van der Waals surface area contributed by atoms with E-state index in [2.05, 4.69) is 45.2 Å². The van der Waals surface area contributed by atoms with E-state index in [1.807, 2.05) is 0 Å². The van der Waals surface area contributed by atoms with E-state index in [-0.39, 0.29) is 17.0 Å². The molecule has 0 radical (unpaired) electrons. The van der Waals surface area contributed by atoms with Crippen LogP contribution in [0.2, 0.25) is 0 Å². The standard InChI is InChI=1S/C25H32N2.C6H10O2/c1-25(2,3)22-15-26-24(27-23(22)12-16-5-4-6-16)13-17-7-10-20-18-8-9-19(14-18)21(20)11-17;1-5(7)3-4-6(2)8/h7,10-11,15-16,18-19H,4-6,8-9,12-14H2,1-3H3;3-4H2,1-2H3. The summed E-state index contributed by atoms with van der Waals surface area (Å²) in [5.41, 5.74) is 7.40. The highest BCUT2D eigenvalue weighted by Gasteiger charge is 2.36. The van der Waals surface area contributed by atoms with Crippen molar-refractivity contribution < 1.29 is 9.59 Å². The first-order valence-corrected chi connectivity index (χ1v) is 13.6. The van der Waals surface area contributed by atoms with Gasteiger partial charge in [0.2, 0.25) is 0 Å². The molecule has 2 atom stereocenters. The summed E-state index contributed by atoms with van der Waals surface area (Å²) in [6.07, 6.45) is 13.2. The zero-order valence-corrected chi connectivity index (χ0v) is 22.3. The van der Waals surface area contributed by atoms with Gasteiger partial charge in [-0.05, 0) is 85.0 Å². The summed E-state index contributed by atoms with van der Waals surface area (Å²) >= 11 is 0. The van der Waals surface area contributed by atoms with Gasteiger partial charge in [-0.2, -0.15) is 0 Å². The number of hydrogen-bond acceptors (Lipinski definition) is 4.